The van der Waals surface area contributed by atoms with Crippen LogP contribution in [0.2, 0.25) is 0 Å². The maximum atomic E-state index is 12.2. The molecule has 0 aromatic heterocycles. The Bertz CT molecular complexity index is 755. The number of carbonyl (C=O) groups is 2. The lowest BCUT2D eigenvalue weighted by Gasteiger charge is -2.17. The molecule has 0 radical (unpaired) electrons. The normalized spacial score (nSPS) is 12.3. The number of amides is 2. The van der Waals surface area contributed by atoms with Crippen LogP contribution in [0.25, 0.3) is 0 Å². The highest BCUT2D eigenvalue weighted by Crippen LogP contribution is 2.14. The average Bonchev–Trinajstić information content (AvgIpc) is 2.74. The zero-order valence-electron chi connectivity index (χ0n) is 18.2. The van der Waals surface area contributed by atoms with Gasteiger partial charge in [0.25, 0.3) is 5.91 Å². The standard InChI is InChI=1S/C21H33N7O3/c1-15(14-22)25-12-3-4-13-26-19(30)20(31-2)28-18(29)7-5-6-16-8-10-17(11-9-16)27-21(23)24/h8-11,15,20,25H,3-7,12-13H2,1-2H3,(H,26,30)(H,28,29)(H4,23,24,27). The summed E-state index contributed by atoms with van der Waals surface area (Å²) >= 11 is 0. The zero-order valence-corrected chi connectivity index (χ0v) is 18.2. The van der Waals surface area contributed by atoms with Crippen LogP contribution in [0.15, 0.2) is 29.3 Å². The molecule has 0 aliphatic heterocycles. The van der Waals surface area contributed by atoms with Crippen molar-refractivity contribution >= 4 is 23.5 Å². The van der Waals surface area contributed by atoms with Gasteiger partial charge in [0, 0.05) is 20.1 Å². The van der Waals surface area contributed by atoms with E-state index in [4.69, 9.17) is 21.5 Å². The first-order chi connectivity index (χ1) is 14.8. The predicted octanol–water partition coefficient (Wildman–Crippen LogP) is 0.401. The fourth-order valence-electron chi connectivity index (χ4n) is 2.71. The van der Waals surface area contributed by atoms with Gasteiger partial charge in [0.05, 0.1) is 17.8 Å². The summed E-state index contributed by atoms with van der Waals surface area (Å²) in [5.41, 5.74) is 12.4. The maximum absolute atomic E-state index is 12.2. The molecule has 0 heterocycles. The highest BCUT2D eigenvalue weighted by Gasteiger charge is 2.19. The first-order valence-corrected chi connectivity index (χ1v) is 10.3. The molecule has 1 aromatic carbocycles. The number of methoxy groups -OCH3 is 1. The van der Waals surface area contributed by atoms with Gasteiger partial charge < -0.3 is 32.2 Å². The van der Waals surface area contributed by atoms with Gasteiger partial charge in [-0.2, -0.15) is 5.26 Å². The van der Waals surface area contributed by atoms with Crippen molar-refractivity contribution in [2.45, 2.75) is 51.3 Å². The first-order valence-electron chi connectivity index (χ1n) is 10.3. The summed E-state index contributed by atoms with van der Waals surface area (Å²) in [5.74, 6) is -0.637. The van der Waals surface area contributed by atoms with E-state index in [1.165, 1.54) is 7.11 Å². The number of nitrogens with one attached hydrogen (secondary N) is 3. The summed E-state index contributed by atoms with van der Waals surface area (Å²) in [6.07, 6.45) is 2.15. The van der Waals surface area contributed by atoms with Gasteiger partial charge in [0.2, 0.25) is 12.1 Å². The van der Waals surface area contributed by atoms with Crippen LogP contribution in [0.3, 0.4) is 0 Å². The number of carbonyl (C=O) groups excluding carboxylic acids is 2. The van der Waals surface area contributed by atoms with E-state index in [1.807, 2.05) is 12.1 Å². The number of nitrogens with zero attached hydrogens (tertiary/aromatic N) is 2. The van der Waals surface area contributed by atoms with Gasteiger partial charge in [-0.1, -0.05) is 12.1 Å². The predicted molar refractivity (Wildman–Crippen MR) is 119 cm³/mol. The number of unbranched alkanes of at least 4 members (excludes halogenated alkanes) is 1. The topological polar surface area (TPSA) is 168 Å². The Balaban J connectivity index is 2.26. The summed E-state index contributed by atoms with van der Waals surface area (Å²) in [7, 11) is 1.37. The molecule has 1 aromatic rings. The van der Waals surface area contributed by atoms with Crippen LogP contribution in [0.5, 0.6) is 0 Å². The first kappa shape index (κ1) is 25.9. The minimum absolute atomic E-state index is 0.00314. The third-order valence-corrected chi connectivity index (χ3v) is 4.38. The number of guanidine groups is 1. The Morgan fingerprint density at radius 2 is 1.84 bits per heavy atom. The Morgan fingerprint density at radius 3 is 2.45 bits per heavy atom. The van der Waals surface area contributed by atoms with E-state index < -0.39 is 6.23 Å². The second-order valence-electron chi connectivity index (χ2n) is 7.04. The molecule has 10 heteroatoms. The molecule has 2 amide bonds. The van der Waals surface area contributed by atoms with E-state index in [9.17, 15) is 9.59 Å². The Labute approximate surface area is 183 Å². The van der Waals surface area contributed by atoms with Gasteiger partial charge in [-0.25, -0.2) is 4.99 Å². The number of nitriles is 1. The molecule has 31 heavy (non-hydrogen) atoms. The van der Waals surface area contributed by atoms with Crippen molar-refractivity contribution < 1.29 is 14.3 Å². The largest absolute Gasteiger partial charge is 0.370 e. The molecule has 170 valence electrons. The van der Waals surface area contributed by atoms with Crippen molar-refractivity contribution in [1.82, 2.24) is 16.0 Å². The summed E-state index contributed by atoms with van der Waals surface area (Å²) < 4.78 is 5.09. The smallest absolute Gasteiger partial charge is 0.270 e. The number of ether oxygens (including phenoxy) is 1. The second-order valence-corrected chi connectivity index (χ2v) is 7.04. The third-order valence-electron chi connectivity index (χ3n) is 4.38. The van der Waals surface area contributed by atoms with E-state index in [-0.39, 0.29) is 30.2 Å². The lowest BCUT2D eigenvalue weighted by atomic mass is 10.1. The highest BCUT2D eigenvalue weighted by molar-refractivity contribution is 5.86. The van der Waals surface area contributed by atoms with Crippen LogP contribution in [0, 0.1) is 11.3 Å². The van der Waals surface area contributed by atoms with Crippen LogP contribution in [-0.2, 0) is 20.7 Å². The number of hydrogen-bond acceptors (Lipinski definition) is 6. The molecular formula is C21H33N7O3. The van der Waals surface area contributed by atoms with E-state index in [0.29, 0.717) is 31.6 Å². The highest BCUT2D eigenvalue weighted by atomic mass is 16.5. The van der Waals surface area contributed by atoms with Crippen LogP contribution in [0.4, 0.5) is 5.69 Å². The lowest BCUT2D eigenvalue weighted by molar-refractivity contribution is -0.139. The number of aliphatic imine (C=N–C) groups is 1. The van der Waals surface area contributed by atoms with Gasteiger partial charge >= 0.3 is 0 Å². The van der Waals surface area contributed by atoms with Gasteiger partial charge in [-0.05, 0) is 56.8 Å². The van der Waals surface area contributed by atoms with Crippen molar-refractivity contribution in [2.75, 3.05) is 20.2 Å². The number of aryl methyl sites for hydroxylation is 1. The summed E-state index contributed by atoms with van der Waals surface area (Å²) in [4.78, 5) is 28.3. The van der Waals surface area contributed by atoms with Crippen LogP contribution in [0.1, 0.15) is 38.2 Å². The third kappa shape index (κ3) is 11.6. The van der Waals surface area contributed by atoms with E-state index in [2.05, 4.69) is 27.0 Å². The van der Waals surface area contributed by atoms with E-state index in [0.717, 1.165) is 18.4 Å². The molecule has 0 saturated heterocycles. The Hall–Kier alpha value is -3.16. The molecule has 1 rings (SSSR count). The molecule has 10 nitrogen and oxygen atoms in total. The quantitative estimate of drug-likeness (QED) is 0.123. The van der Waals surface area contributed by atoms with E-state index in [1.54, 1.807) is 19.1 Å². The Morgan fingerprint density at radius 1 is 1.16 bits per heavy atom. The summed E-state index contributed by atoms with van der Waals surface area (Å²) in [6, 6.07) is 9.33. The Kier molecular flexibility index (Phi) is 12.3. The minimum Gasteiger partial charge on any atom is -0.370 e. The average molecular weight is 432 g/mol. The van der Waals surface area contributed by atoms with Gasteiger partial charge in [-0.3, -0.25) is 9.59 Å². The molecule has 0 spiro atoms. The fraction of sp³-hybridized carbons (Fsp3) is 0.524. The number of benzene rings is 1. The number of nitrogens with two attached hydrogens (primary N) is 2. The molecular weight excluding hydrogens is 398 g/mol. The van der Waals surface area contributed by atoms with Crippen molar-refractivity contribution in [1.29, 1.82) is 5.26 Å². The van der Waals surface area contributed by atoms with Gasteiger partial charge in [-0.15, -0.1) is 0 Å². The van der Waals surface area contributed by atoms with Crippen LogP contribution in [-0.4, -0.2) is 50.2 Å². The number of rotatable bonds is 14. The lowest BCUT2D eigenvalue weighted by Crippen LogP contribution is -2.48. The monoisotopic (exact) mass is 431 g/mol. The van der Waals surface area contributed by atoms with E-state index >= 15 is 0 Å². The van der Waals surface area contributed by atoms with Crippen molar-refractivity contribution in [3.63, 3.8) is 0 Å². The van der Waals surface area contributed by atoms with Gasteiger partial charge in [0.15, 0.2) is 5.96 Å². The second kappa shape index (κ2) is 14.8. The number of hydrogen-bond donors (Lipinski definition) is 5. The SMILES string of the molecule is COC(NC(=O)CCCc1ccc(N=C(N)N)cc1)C(=O)NCCCCNC(C)C#N. The molecule has 2 atom stereocenters. The molecule has 2 unspecified atom stereocenters. The maximum Gasteiger partial charge on any atom is 0.270 e. The van der Waals surface area contributed by atoms with Crippen molar-refractivity contribution in [2.24, 2.45) is 16.5 Å². The van der Waals surface area contributed by atoms with Gasteiger partial charge in [0.1, 0.15) is 0 Å². The molecule has 0 saturated carbocycles. The zero-order chi connectivity index (χ0) is 23.1. The molecule has 0 fully saturated rings. The minimum atomic E-state index is -1.02. The molecule has 0 aliphatic carbocycles. The van der Waals surface area contributed by atoms with Crippen LogP contribution >= 0.6 is 0 Å². The van der Waals surface area contributed by atoms with Crippen molar-refractivity contribution in [3.05, 3.63) is 29.8 Å². The molecule has 0 aliphatic rings. The molecule has 7 N–H and O–H groups in total. The van der Waals surface area contributed by atoms with Crippen LogP contribution < -0.4 is 27.4 Å². The summed E-state index contributed by atoms with van der Waals surface area (Å²) in [6.45, 7) is 2.96. The molecule has 0 bridgehead atoms. The fourth-order valence-corrected chi connectivity index (χ4v) is 2.71. The van der Waals surface area contributed by atoms with Crippen molar-refractivity contribution in [3.8, 4) is 6.07 Å². The summed E-state index contributed by atoms with van der Waals surface area (Å²) in [5, 5.41) is 17.1.